The monoisotopic (exact) mass is 201 g/mol. The number of hydrogen-bond acceptors (Lipinski definition) is 4. The summed E-state index contributed by atoms with van der Waals surface area (Å²) in [5.74, 6) is -0.277. The largest absolute Gasteiger partial charge is 0.383 e. The quantitative estimate of drug-likeness (QED) is 0.490. The minimum absolute atomic E-state index is 0.277. The highest BCUT2D eigenvalue weighted by Gasteiger charge is 2.36. The van der Waals surface area contributed by atoms with Crippen LogP contribution < -0.4 is 16.4 Å². The Morgan fingerprint density at radius 1 is 1.71 bits per heavy atom. The van der Waals surface area contributed by atoms with E-state index in [0.29, 0.717) is 19.7 Å². The maximum absolute atomic E-state index is 11.3. The Balaban J connectivity index is 2.47. The van der Waals surface area contributed by atoms with Crippen LogP contribution >= 0.6 is 0 Å². The molecule has 1 saturated heterocycles. The number of rotatable bonds is 5. The van der Waals surface area contributed by atoms with Crippen LogP contribution in [-0.4, -0.2) is 44.8 Å². The molecule has 1 amide bonds. The van der Waals surface area contributed by atoms with E-state index in [-0.39, 0.29) is 5.91 Å². The van der Waals surface area contributed by atoms with Crippen molar-refractivity contribution in [3.05, 3.63) is 0 Å². The number of nitrogens with two attached hydrogens (primary N) is 1. The lowest BCUT2D eigenvalue weighted by Crippen LogP contribution is -2.63. The van der Waals surface area contributed by atoms with Gasteiger partial charge in [-0.15, -0.1) is 0 Å². The fraction of sp³-hybridized carbons (Fsp3) is 0.889. The van der Waals surface area contributed by atoms with Crippen molar-refractivity contribution >= 4 is 5.91 Å². The molecule has 0 aliphatic carbocycles. The van der Waals surface area contributed by atoms with Crippen LogP contribution in [0.4, 0.5) is 0 Å². The lowest BCUT2D eigenvalue weighted by Gasteiger charge is -2.35. The van der Waals surface area contributed by atoms with Crippen molar-refractivity contribution in [2.75, 3.05) is 33.4 Å². The molecule has 1 aliphatic rings. The van der Waals surface area contributed by atoms with E-state index < -0.39 is 5.54 Å². The standard InChI is InChI=1S/C9H19N3O2/c1-14-6-5-12-9(8(10)13)3-2-4-11-7-9/h11-12H,2-7H2,1H3,(H2,10,13). The average molecular weight is 201 g/mol. The van der Waals surface area contributed by atoms with Crippen molar-refractivity contribution in [3.63, 3.8) is 0 Å². The molecule has 0 aromatic rings. The van der Waals surface area contributed by atoms with E-state index in [4.69, 9.17) is 10.5 Å². The molecule has 0 saturated carbocycles. The molecule has 0 spiro atoms. The molecule has 0 aromatic heterocycles. The summed E-state index contributed by atoms with van der Waals surface area (Å²) < 4.78 is 4.92. The first-order chi connectivity index (χ1) is 6.71. The number of methoxy groups -OCH3 is 1. The Morgan fingerprint density at radius 2 is 2.50 bits per heavy atom. The number of carbonyl (C=O) groups excluding carboxylic acids is 1. The second-order valence-electron chi connectivity index (χ2n) is 3.65. The normalized spacial score (nSPS) is 27.5. The fourth-order valence-corrected chi connectivity index (χ4v) is 1.75. The topological polar surface area (TPSA) is 76.4 Å². The van der Waals surface area contributed by atoms with E-state index in [9.17, 15) is 4.79 Å². The van der Waals surface area contributed by atoms with Gasteiger partial charge in [-0.25, -0.2) is 0 Å². The predicted molar refractivity (Wildman–Crippen MR) is 53.9 cm³/mol. The number of nitrogens with one attached hydrogen (secondary N) is 2. The van der Waals surface area contributed by atoms with Crippen molar-refractivity contribution in [2.24, 2.45) is 5.73 Å². The Morgan fingerprint density at radius 3 is 3.00 bits per heavy atom. The molecule has 82 valence electrons. The second kappa shape index (κ2) is 5.29. The van der Waals surface area contributed by atoms with E-state index in [2.05, 4.69) is 10.6 Å². The Bertz CT molecular complexity index is 190. The summed E-state index contributed by atoms with van der Waals surface area (Å²) in [4.78, 5) is 11.3. The minimum atomic E-state index is -0.573. The molecule has 0 aromatic carbocycles. The summed E-state index contributed by atoms with van der Waals surface area (Å²) in [6.07, 6.45) is 1.78. The molecular formula is C9H19N3O2. The lowest BCUT2D eigenvalue weighted by molar-refractivity contribution is -0.125. The fourth-order valence-electron chi connectivity index (χ4n) is 1.75. The first-order valence-electron chi connectivity index (χ1n) is 4.96. The molecule has 14 heavy (non-hydrogen) atoms. The van der Waals surface area contributed by atoms with E-state index >= 15 is 0 Å². The highest BCUT2D eigenvalue weighted by molar-refractivity contribution is 5.85. The molecule has 4 N–H and O–H groups in total. The molecule has 1 fully saturated rings. The van der Waals surface area contributed by atoms with Gasteiger partial charge in [-0.3, -0.25) is 10.1 Å². The molecule has 0 bridgehead atoms. The van der Waals surface area contributed by atoms with Crippen LogP contribution in [-0.2, 0) is 9.53 Å². The number of primary amides is 1. The van der Waals surface area contributed by atoms with Gasteiger partial charge in [0.15, 0.2) is 0 Å². The molecular weight excluding hydrogens is 182 g/mol. The number of carbonyl (C=O) groups is 1. The first kappa shape index (κ1) is 11.4. The molecule has 1 aliphatic heterocycles. The van der Waals surface area contributed by atoms with Crippen LogP contribution in [0.25, 0.3) is 0 Å². The van der Waals surface area contributed by atoms with Crippen LogP contribution in [0.1, 0.15) is 12.8 Å². The Hall–Kier alpha value is -0.650. The van der Waals surface area contributed by atoms with Gasteiger partial charge in [0.25, 0.3) is 0 Å². The third kappa shape index (κ3) is 2.67. The second-order valence-corrected chi connectivity index (χ2v) is 3.65. The van der Waals surface area contributed by atoms with Crippen molar-refractivity contribution in [2.45, 2.75) is 18.4 Å². The minimum Gasteiger partial charge on any atom is -0.383 e. The molecule has 1 unspecified atom stereocenters. The van der Waals surface area contributed by atoms with Gasteiger partial charge < -0.3 is 15.8 Å². The number of amides is 1. The zero-order chi connectivity index (χ0) is 10.4. The number of hydrogen-bond donors (Lipinski definition) is 3. The van der Waals surface area contributed by atoms with Crippen LogP contribution in [0, 0.1) is 0 Å². The van der Waals surface area contributed by atoms with E-state index in [1.54, 1.807) is 7.11 Å². The van der Waals surface area contributed by atoms with Gasteiger partial charge in [0.2, 0.25) is 5.91 Å². The Labute approximate surface area is 84.4 Å². The average Bonchev–Trinajstić information content (AvgIpc) is 2.19. The number of ether oxygens (including phenoxy) is 1. The van der Waals surface area contributed by atoms with Gasteiger partial charge in [-0.1, -0.05) is 0 Å². The van der Waals surface area contributed by atoms with Gasteiger partial charge in [0, 0.05) is 20.2 Å². The molecule has 1 heterocycles. The highest BCUT2D eigenvalue weighted by atomic mass is 16.5. The third-order valence-electron chi connectivity index (χ3n) is 2.63. The zero-order valence-electron chi connectivity index (χ0n) is 8.64. The first-order valence-corrected chi connectivity index (χ1v) is 4.96. The lowest BCUT2D eigenvalue weighted by atomic mass is 9.89. The van der Waals surface area contributed by atoms with Crippen molar-refractivity contribution in [3.8, 4) is 0 Å². The van der Waals surface area contributed by atoms with Crippen LogP contribution in [0.3, 0.4) is 0 Å². The molecule has 0 radical (unpaired) electrons. The molecule has 5 nitrogen and oxygen atoms in total. The summed E-state index contributed by atoms with van der Waals surface area (Å²) in [5, 5.41) is 6.35. The van der Waals surface area contributed by atoms with Gasteiger partial charge in [-0.05, 0) is 19.4 Å². The van der Waals surface area contributed by atoms with Crippen LogP contribution in [0.15, 0.2) is 0 Å². The molecule has 1 rings (SSSR count). The van der Waals surface area contributed by atoms with E-state index in [0.717, 1.165) is 19.4 Å². The summed E-state index contributed by atoms with van der Waals surface area (Å²) in [6, 6.07) is 0. The summed E-state index contributed by atoms with van der Waals surface area (Å²) in [6.45, 7) is 2.82. The van der Waals surface area contributed by atoms with Gasteiger partial charge in [0.05, 0.1) is 6.61 Å². The van der Waals surface area contributed by atoms with E-state index in [1.807, 2.05) is 0 Å². The van der Waals surface area contributed by atoms with Gasteiger partial charge in [-0.2, -0.15) is 0 Å². The molecule has 5 heteroatoms. The van der Waals surface area contributed by atoms with Crippen molar-refractivity contribution < 1.29 is 9.53 Å². The van der Waals surface area contributed by atoms with Crippen LogP contribution in [0.2, 0.25) is 0 Å². The summed E-state index contributed by atoms with van der Waals surface area (Å²) in [7, 11) is 1.64. The smallest absolute Gasteiger partial charge is 0.239 e. The number of piperidine rings is 1. The summed E-state index contributed by atoms with van der Waals surface area (Å²) in [5.41, 5.74) is 4.83. The van der Waals surface area contributed by atoms with Gasteiger partial charge >= 0.3 is 0 Å². The predicted octanol–water partition coefficient (Wildman–Crippen LogP) is -1.17. The maximum atomic E-state index is 11.3. The zero-order valence-corrected chi connectivity index (χ0v) is 8.64. The van der Waals surface area contributed by atoms with Gasteiger partial charge in [0.1, 0.15) is 5.54 Å². The SMILES string of the molecule is COCCNC1(C(N)=O)CCCNC1. The van der Waals surface area contributed by atoms with Crippen LogP contribution in [0.5, 0.6) is 0 Å². The third-order valence-corrected chi connectivity index (χ3v) is 2.63. The van der Waals surface area contributed by atoms with E-state index in [1.165, 1.54) is 0 Å². The molecule has 1 atom stereocenters. The van der Waals surface area contributed by atoms with Crippen molar-refractivity contribution in [1.82, 2.24) is 10.6 Å². The van der Waals surface area contributed by atoms with Crippen molar-refractivity contribution in [1.29, 1.82) is 0 Å². The summed E-state index contributed by atoms with van der Waals surface area (Å²) >= 11 is 0. The maximum Gasteiger partial charge on any atom is 0.239 e. The Kier molecular flexibility index (Phi) is 4.31. The highest BCUT2D eigenvalue weighted by Crippen LogP contribution is 2.15.